The fourth-order valence-electron chi connectivity index (χ4n) is 1.60. The molecular weight excluding hydrogens is 202 g/mol. The van der Waals surface area contributed by atoms with Crippen LogP contribution in [0.2, 0.25) is 0 Å². The highest BCUT2D eigenvalue weighted by molar-refractivity contribution is 5.79. The van der Waals surface area contributed by atoms with Crippen LogP contribution in [0.3, 0.4) is 0 Å². The molecule has 0 aliphatic rings. The number of imidazole rings is 1. The van der Waals surface area contributed by atoms with Gasteiger partial charge in [0.05, 0.1) is 12.2 Å². The van der Waals surface area contributed by atoms with Crippen molar-refractivity contribution in [3.63, 3.8) is 0 Å². The Hall–Kier alpha value is -1.36. The highest BCUT2D eigenvalue weighted by Crippen LogP contribution is 1.99. The van der Waals surface area contributed by atoms with Crippen LogP contribution in [0.4, 0.5) is 0 Å². The standard InChI is InChI=1S/C11H21N5/c1-10(11(12)13)8-15(2)5-3-6-16-7-4-14-9-16/h4,7,9-10H,3,5-6,8H2,1-2H3,(H3,12,13). The summed E-state index contributed by atoms with van der Waals surface area (Å²) in [6.45, 7) is 4.82. The van der Waals surface area contributed by atoms with Gasteiger partial charge in [0, 0.05) is 31.4 Å². The van der Waals surface area contributed by atoms with Crippen LogP contribution in [0, 0.1) is 11.3 Å². The van der Waals surface area contributed by atoms with Gasteiger partial charge in [0.2, 0.25) is 0 Å². The largest absolute Gasteiger partial charge is 0.387 e. The summed E-state index contributed by atoms with van der Waals surface area (Å²) in [5.74, 6) is 0.403. The van der Waals surface area contributed by atoms with Gasteiger partial charge in [-0.2, -0.15) is 0 Å². The number of hydrogen-bond donors (Lipinski definition) is 2. The zero-order chi connectivity index (χ0) is 12.0. The van der Waals surface area contributed by atoms with Gasteiger partial charge >= 0.3 is 0 Å². The Balaban J connectivity index is 2.15. The lowest BCUT2D eigenvalue weighted by atomic mass is 10.1. The first kappa shape index (κ1) is 12.7. The van der Waals surface area contributed by atoms with E-state index >= 15 is 0 Å². The van der Waals surface area contributed by atoms with Crippen molar-refractivity contribution in [2.24, 2.45) is 11.7 Å². The smallest absolute Gasteiger partial charge is 0.0947 e. The number of hydrogen-bond acceptors (Lipinski definition) is 3. The van der Waals surface area contributed by atoms with Crippen LogP contribution in [0.1, 0.15) is 13.3 Å². The first-order valence-electron chi connectivity index (χ1n) is 5.57. The fourth-order valence-corrected chi connectivity index (χ4v) is 1.60. The van der Waals surface area contributed by atoms with E-state index < -0.39 is 0 Å². The van der Waals surface area contributed by atoms with E-state index in [2.05, 4.69) is 21.5 Å². The molecule has 0 aliphatic carbocycles. The van der Waals surface area contributed by atoms with Crippen molar-refractivity contribution in [1.82, 2.24) is 14.5 Å². The molecule has 1 rings (SSSR count). The highest BCUT2D eigenvalue weighted by Gasteiger charge is 2.08. The predicted molar refractivity (Wildman–Crippen MR) is 65.4 cm³/mol. The minimum atomic E-state index is 0.137. The zero-order valence-electron chi connectivity index (χ0n) is 10.1. The molecule has 0 fully saturated rings. The molecule has 5 heteroatoms. The zero-order valence-corrected chi connectivity index (χ0v) is 10.1. The summed E-state index contributed by atoms with van der Waals surface area (Å²) in [5.41, 5.74) is 5.43. The Kier molecular flexibility index (Phi) is 4.98. The lowest BCUT2D eigenvalue weighted by Crippen LogP contribution is -2.32. The molecule has 0 spiro atoms. The third-order valence-corrected chi connectivity index (χ3v) is 2.63. The van der Waals surface area contributed by atoms with Gasteiger partial charge in [0.1, 0.15) is 0 Å². The van der Waals surface area contributed by atoms with Crippen molar-refractivity contribution in [2.45, 2.75) is 19.9 Å². The summed E-state index contributed by atoms with van der Waals surface area (Å²) in [6.07, 6.45) is 6.68. The van der Waals surface area contributed by atoms with Crippen LogP contribution in [0.25, 0.3) is 0 Å². The molecule has 0 amide bonds. The quantitative estimate of drug-likeness (QED) is 0.530. The third-order valence-electron chi connectivity index (χ3n) is 2.63. The minimum Gasteiger partial charge on any atom is -0.387 e. The van der Waals surface area contributed by atoms with Gasteiger partial charge in [0.15, 0.2) is 0 Å². The number of rotatable bonds is 7. The number of amidine groups is 1. The summed E-state index contributed by atoms with van der Waals surface area (Å²) in [5, 5.41) is 7.32. The lowest BCUT2D eigenvalue weighted by Gasteiger charge is -2.20. The average Bonchev–Trinajstić information content (AvgIpc) is 2.70. The highest BCUT2D eigenvalue weighted by atomic mass is 15.1. The van der Waals surface area contributed by atoms with Gasteiger partial charge in [-0.1, -0.05) is 6.92 Å². The molecule has 5 nitrogen and oxygen atoms in total. The Morgan fingerprint density at radius 2 is 2.38 bits per heavy atom. The topological polar surface area (TPSA) is 70.9 Å². The number of aryl methyl sites for hydroxylation is 1. The van der Waals surface area contributed by atoms with Crippen molar-refractivity contribution in [3.05, 3.63) is 18.7 Å². The number of nitrogens with two attached hydrogens (primary N) is 1. The van der Waals surface area contributed by atoms with E-state index in [0.29, 0.717) is 0 Å². The van der Waals surface area contributed by atoms with E-state index in [1.54, 1.807) is 6.20 Å². The van der Waals surface area contributed by atoms with E-state index in [4.69, 9.17) is 11.1 Å². The third kappa shape index (κ3) is 4.44. The summed E-state index contributed by atoms with van der Waals surface area (Å²) in [6, 6.07) is 0. The molecule has 0 aliphatic heterocycles. The summed E-state index contributed by atoms with van der Waals surface area (Å²) in [4.78, 5) is 6.21. The molecule has 0 saturated carbocycles. The van der Waals surface area contributed by atoms with Crippen molar-refractivity contribution in [1.29, 1.82) is 5.41 Å². The molecular formula is C11H21N5. The second-order valence-electron chi connectivity index (χ2n) is 4.27. The molecule has 0 radical (unpaired) electrons. The van der Waals surface area contributed by atoms with Gasteiger partial charge in [-0.15, -0.1) is 0 Å². The molecule has 0 aromatic carbocycles. The fraction of sp³-hybridized carbons (Fsp3) is 0.636. The number of aromatic nitrogens is 2. The Labute approximate surface area is 96.8 Å². The average molecular weight is 223 g/mol. The molecule has 0 bridgehead atoms. The van der Waals surface area contributed by atoms with Gasteiger partial charge < -0.3 is 15.2 Å². The van der Waals surface area contributed by atoms with Crippen LogP contribution < -0.4 is 5.73 Å². The Bertz CT molecular complexity index is 306. The summed E-state index contributed by atoms with van der Waals surface area (Å²) in [7, 11) is 2.06. The normalized spacial score (nSPS) is 12.9. The molecule has 0 saturated heterocycles. The van der Waals surface area contributed by atoms with Crippen LogP contribution in [0.15, 0.2) is 18.7 Å². The number of nitrogens with zero attached hydrogens (tertiary/aromatic N) is 3. The Morgan fingerprint density at radius 1 is 1.62 bits per heavy atom. The first-order valence-corrected chi connectivity index (χ1v) is 5.57. The monoisotopic (exact) mass is 223 g/mol. The molecule has 1 unspecified atom stereocenters. The van der Waals surface area contributed by atoms with E-state index in [0.717, 1.165) is 26.1 Å². The van der Waals surface area contributed by atoms with Crippen molar-refractivity contribution < 1.29 is 0 Å². The molecule has 1 atom stereocenters. The van der Waals surface area contributed by atoms with Gasteiger partial charge in [-0.25, -0.2) is 4.98 Å². The molecule has 16 heavy (non-hydrogen) atoms. The second-order valence-corrected chi connectivity index (χ2v) is 4.27. The maximum absolute atomic E-state index is 7.32. The second kappa shape index (κ2) is 6.27. The predicted octanol–water partition coefficient (Wildman–Crippen LogP) is 0.777. The van der Waals surface area contributed by atoms with E-state index in [1.807, 2.05) is 19.4 Å². The molecule has 1 aromatic rings. The van der Waals surface area contributed by atoms with Crippen LogP contribution in [-0.4, -0.2) is 40.4 Å². The maximum atomic E-state index is 7.32. The molecule has 1 heterocycles. The SMILES string of the molecule is CC(CN(C)CCCn1ccnc1)C(=N)N. The summed E-state index contributed by atoms with van der Waals surface area (Å²) < 4.78 is 2.07. The molecule has 3 N–H and O–H groups in total. The van der Waals surface area contributed by atoms with Gasteiger partial charge in [-0.3, -0.25) is 5.41 Å². The number of nitrogens with one attached hydrogen (secondary N) is 1. The van der Waals surface area contributed by atoms with Crippen molar-refractivity contribution in [2.75, 3.05) is 20.1 Å². The molecule has 1 aromatic heterocycles. The van der Waals surface area contributed by atoms with Crippen LogP contribution in [0.5, 0.6) is 0 Å². The first-order chi connectivity index (χ1) is 7.59. The Morgan fingerprint density at radius 3 is 2.94 bits per heavy atom. The van der Waals surface area contributed by atoms with E-state index in [-0.39, 0.29) is 11.8 Å². The van der Waals surface area contributed by atoms with Gasteiger partial charge in [-0.05, 0) is 20.0 Å². The van der Waals surface area contributed by atoms with E-state index in [9.17, 15) is 0 Å². The van der Waals surface area contributed by atoms with Crippen molar-refractivity contribution >= 4 is 5.84 Å². The summed E-state index contributed by atoms with van der Waals surface area (Å²) >= 11 is 0. The van der Waals surface area contributed by atoms with Crippen molar-refractivity contribution in [3.8, 4) is 0 Å². The van der Waals surface area contributed by atoms with Crippen LogP contribution in [-0.2, 0) is 6.54 Å². The maximum Gasteiger partial charge on any atom is 0.0947 e. The van der Waals surface area contributed by atoms with Crippen LogP contribution >= 0.6 is 0 Å². The minimum absolute atomic E-state index is 0.137. The molecule has 90 valence electrons. The van der Waals surface area contributed by atoms with Gasteiger partial charge in [0.25, 0.3) is 0 Å². The van der Waals surface area contributed by atoms with E-state index in [1.165, 1.54) is 0 Å². The lowest BCUT2D eigenvalue weighted by molar-refractivity contribution is 0.303.